The van der Waals surface area contributed by atoms with E-state index in [4.69, 9.17) is 0 Å². The Morgan fingerprint density at radius 1 is 0.893 bits per heavy atom. The summed E-state index contributed by atoms with van der Waals surface area (Å²) in [6.07, 6.45) is 0. The van der Waals surface area contributed by atoms with Gasteiger partial charge in [-0.3, -0.25) is 9.52 Å². The molecular weight excluding hydrogens is 386 g/mol. The molecule has 0 aliphatic carbocycles. The summed E-state index contributed by atoms with van der Waals surface area (Å²) >= 11 is 0. The number of nitrogens with one attached hydrogen (secondary N) is 2. The van der Waals surface area contributed by atoms with Crippen molar-refractivity contribution in [3.63, 3.8) is 0 Å². The maximum atomic E-state index is 14.4. The van der Waals surface area contributed by atoms with Crippen molar-refractivity contribution in [2.45, 2.75) is 11.8 Å². The van der Waals surface area contributed by atoms with E-state index in [0.717, 1.165) is 29.8 Å². The Labute approximate surface area is 161 Å². The van der Waals surface area contributed by atoms with Gasteiger partial charge in [0.2, 0.25) is 0 Å². The lowest BCUT2D eigenvalue weighted by atomic mass is 10.2. The van der Waals surface area contributed by atoms with Crippen molar-refractivity contribution in [2.24, 2.45) is 0 Å². The lowest BCUT2D eigenvalue weighted by Crippen LogP contribution is -2.16. The lowest BCUT2D eigenvalue weighted by Gasteiger charge is -2.12. The van der Waals surface area contributed by atoms with Crippen LogP contribution in [0, 0.1) is 18.6 Å². The summed E-state index contributed by atoms with van der Waals surface area (Å²) in [6.45, 7) is 1.74. The van der Waals surface area contributed by atoms with Crippen LogP contribution in [0.25, 0.3) is 0 Å². The predicted molar refractivity (Wildman–Crippen MR) is 103 cm³/mol. The highest BCUT2D eigenvalue weighted by Gasteiger charge is 2.18. The van der Waals surface area contributed by atoms with Gasteiger partial charge in [-0.1, -0.05) is 18.2 Å². The summed E-state index contributed by atoms with van der Waals surface area (Å²) in [6, 6.07) is 14.7. The average molecular weight is 402 g/mol. The second-order valence-electron chi connectivity index (χ2n) is 6.02. The highest BCUT2D eigenvalue weighted by molar-refractivity contribution is 7.92. The first-order valence-corrected chi connectivity index (χ1v) is 9.69. The van der Waals surface area contributed by atoms with E-state index in [2.05, 4.69) is 10.0 Å². The maximum Gasteiger partial charge on any atom is 0.262 e. The van der Waals surface area contributed by atoms with Gasteiger partial charge in [0.15, 0.2) is 0 Å². The zero-order chi connectivity index (χ0) is 20.3. The topological polar surface area (TPSA) is 75.3 Å². The number of anilines is 2. The highest BCUT2D eigenvalue weighted by Crippen LogP contribution is 2.23. The van der Waals surface area contributed by atoms with Gasteiger partial charge in [-0.05, 0) is 61.0 Å². The van der Waals surface area contributed by atoms with Crippen molar-refractivity contribution >= 4 is 27.3 Å². The Morgan fingerprint density at radius 3 is 2.21 bits per heavy atom. The number of benzene rings is 3. The van der Waals surface area contributed by atoms with Crippen molar-refractivity contribution in [1.29, 1.82) is 0 Å². The third kappa shape index (κ3) is 4.34. The third-order valence-corrected chi connectivity index (χ3v) is 5.36. The molecule has 3 aromatic carbocycles. The van der Waals surface area contributed by atoms with Gasteiger partial charge in [0.25, 0.3) is 15.9 Å². The SMILES string of the molecule is Cc1ccccc1NS(=O)(=O)c1ccc(NC(=O)c2ccc(F)cc2)c(F)c1. The van der Waals surface area contributed by atoms with Crippen LogP contribution in [0.1, 0.15) is 15.9 Å². The number of hydrogen-bond acceptors (Lipinski definition) is 3. The number of amides is 1. The zero-order valence-electron chi connectivity index (χ0n) is 14.7. The first kappa shape index (κ1) is 19.5. The van der Waals surface area contributed by atoms with E-state index in [1.165, 1.54) is 18.2 Å². The first-order valence-electron chi connectivity index (χ1n) is 8.21. The smallest absolute Gasteiger partial charge is 0.262 e. The number of hydrogen-bond donors (Lipinski definition) is 2. The van der Waals surface area contributed by atoms with Crippen LogP contribution in [0.4, 0.5) is 20.2 Å². The summed E-state index contributed by atoms with van der Waals surface area (Å²) < 4.78 is 54.7. The zero-order valence-corrected chi connectivity index (χ0v) is 15.6. The van der Waals surface area contributed by atoms with Crippen LogP contribution in [0.15, 0.2) is 71.6 Å². The molecule has 2 N–H and O–H groups in total. The summed E-state index contributed by atoms with van der Waals surface area (Å²) in [4.78, 5) is 11.8. The minimum Gasteiger partial charge on any atom is -0.319 e. The number of carbonyl (C=O) groups is 1. The van der Waals surface area contributed by atoms with E-state index < -0.39 is 27.6 Å². The molecule has 144 valence electrons. The molecule has 0 aliphatic rings. The summed E-state index contributed by atoms with van der Waals surface area (Å²) in [5.41, 5.74) is 1.05. The number of carbonyl (C=O) groups excluding carboxylic acids is 1. The number of aryl methyl sites for hydroxylation is 1. The fraction of sp³-hybridized carbons (Fsp3) is 0.0500. The molecule has 8 heteroatoms. The molecule has 0 radical (unpaired) electrons. The Morgan fingerprint density at radius 2 is 1.57 bits per heavy atom. The second-order valence-corrected chi connectivity index (χ2v) is 7.71. The van der Waals surface area contributed by atoms with Crippen molar-refractivity contribution < 1.29 is 22.0 Å². The van der Waals surface area contributed by atoms with Gasteiger partial charge < -0.3 is 5.32 Å². The second kappa shape index (κ2) is 7.77. The molecule has 3 aromatic rings. The Bertz CT molecular complexity index is 1130. The Hall–Kier alpha value is -3.26. The largest absolute Gasteiger partial charge is 0.319 e. The molecule has 0 fully saturated rings. The van der Waals surface area contributed by atoms with Crippen LogP contribution in [-0.2, 0) is 10.0 Å². The van der Waals surface area contributed by atoms with Gasteiger partial charge in [-0.25, -0.2) is 17.2 Å². The molecule has 3 rings (SSSR count). The van der Waals surface area contributed by atoms with Gasteiger partial charge in [0.1, 0.15) is 11.6 Å². The summed E-state index contributed by atoms with van der Waals surface area (Å²) in [7, 11) is -4.00. The van der Waals surface area contributed by atoms with E-state index in [1.54, 1.807) is 31.2 Å². The Balaban J connectivity index is 1.80. The molecule has 5 nitrogen and oxygen atoms in total. The van der Waals surface area contributed by atoms with Crippen LogP contribution in [0.5, 0.6) is 0 Å². The van der Waals surface area contributed by atoms with Gasteiger partial charge in [-0.15, -0.1) is 0 Å². The summed E-state index contributed by atoms with van der Waals surface area (Å²) in [5, 5.41) is 2.33. The van der Waals surface area contributed by atoms with Crippen molar-refractivity contribution in [1.82, 2.24) is 0 Å². The van der Waals surface area contributed by atoms with Gasteiger partial charge >= 0.3 is 0 Å². The minimum atomic E-state index is -4.00. The van der Waals surface area contributed by atoms with E-state index in [0.29, 0.717) is 5.69 Å². The predicted octanol–water partition coefficient (Wildman–Crippen LogP) is 4.33. The molecule has 0 saturated carbocycles. The monoisotopic (exact) mass is 402 g/mol. The number of para-hydroxylation sites is 1. The minimum absolute atomic E-state index is 0.138. The van der Waals surface area contributed by atoms with Gasteiger partial charge in [0, 0.05) is 5.56 Å². The van der Waals surface area contributed by atoms with Crippen molar-refractivity contribution in [2.75, 3.05) is 10.0 Å². The van der Waals surface area contributed by atoms with Crippen molar-refractivity contribution in [3.8, 4) is 0 Å². The van der Waals surface area contributed by atoms with Gasteiger partial charge in [0.05, 0.1) is 16.3 Å². The molecule has 0 unspecified atom stereocenters. The molecule has 0 atom stereocenters. The molecule has 0 spiro atoms. The lowest BCUT2D eigenvalue weighted by molar-refractivity contribution is 0.102. The molecule has 0 aromatic heterocycles. The van der Waals surface area contributed by atoms with Crippen LogP contribution in [0.2, 0.25) is 0 Å². The Kier molecular flexibility index (Phi) is 5.41. The van der Waals surface area contributed by atoms with E-state index in [-0.39, 0.29) is 16.1 Å². The summed E-state index contributed by atoms with van der Waals surface area (Å²) in [5.74, 6) is -2.06. The third-order valence-electron chi connectivity index (χ3n) is 3.99. The maximum absolute atomic E-state index is 14.4. The number of halogens is 2. The fourth-order valence-corrected chi connectivity index (χ4v) is 3.59. The molecule has 0 saturated heterocycles. The molecule has 0 aliphatic heterocycles. The van der Waals surface area contributed by atoms with Crippen LogP contribution < -0.4 is 10.0 Å². The fourth-order valence-electron chi connectivity index (χ4n) is 2.45. The quantitative estimate of drug-likeness (QED) is 0.667. The molecule has 28 heavy (non-hydrogen) atoms. The highest BCUT2D eigenvalue weighted by atomic mass is 32.2. The van der Waals surface area contributed by atoms with Gasteiger partial charge in [-0.2, -0.15) is 0 Å². The molecule has 0 heterocycles. The van der Waals surface area contributed by atoms with Crippen LogP contribution in [-0.4, -0.2) is 14.3 Å². The van der Waals surface area contributed by atoms with Crippen LogP contribution >= 0.6 is 0 Å². The van der Waals surface area contributed by atoms with Crippen molar-refractivity contribution in [3.05, 3.63) is 89.5 Å². The number of rotatable bonds is 5. The number of sulfonamides is 1. The normalized spacial score (nSPS) is 11.1. The van der Waals surface area contributed by atoms with E-state index >= 15 is 0 Å². The average Bonchev–Trinajstić information content (AvgIpc) is 2.65. The van der Waals surface area contributed by atoms with Crippen LogP contribution in [0.3, 0.4) is 0 Å². The molecule has 0 bridgehead atoms. The van der Waals surface area contributed by atoms with E-state index in [9.17, 15) is 22.0 Å². The standard InChI is InChI=1S/C20H16F2N2O3S/c1-13-4-2-3-5-18(13)24-28(26,27)16-10-11-19(17(22)12-16)23-20(25)14-6-8-15(21)9-7-14/h2-12,24H,1H3,(H,23,25). The van der Waals surface area contributed by atoms with E-state index in [1.807, 2.05) is 0 Å². The first-order chi connectivity index (χ1) is 13.3. The molecule has 1 amide bonds. The molecular formula is C20H16F2N2O3S.